The van der Waals surface area contributed by atoms with E-state index in [1.807, 2.05) is 48.5 Å². The summed E-state index contributed by atoms with van der Waals surface area (Å²) in [5, 5.41) is 12.0. The molecular formula is C16H11Br2NO2. The molecule has 0 amide bonds. The molecule has 0 fully saturated rings. The molecule has 1 heterocycles. The predicted octanol–water partition coefficient (Wildman–Crippen LogP) is 5.19. The Balaban J connectivity index is 2.06. The monoisotopic (exact) mass is 407 g/mol. The Hall–Kier alpha value is -1.59. The molecule has 0 aliphatic carbocycles. The zero-order chi connectivity index (χ0) is 14.8. The summed E-state index contributed by atoms with van der Waals surface area (Å²) in [5.74, 6) is 0.807. The molecular weight excluding hydrogens is 398 g/mol. The standard InChI is InChI=1S/C16H11Br2NO2/c17-13-3-1-10(2-4-13)16-12(9-19-20)7-11-8-14(18)5-6-15(11)21-16/h1-9,16,20H. The first kappa shape index (κ1) is 14.4. The van der Waals surface area contributed by atoms with E-state index in [-0.39, 0.29) is 6.10 Å². The molecule has 1 atom stereocenters. The van der Waals surface area contributed by atoms with E-state index in [0.29, 0.717) is 0 Å². The normalized spacial score (nSPS) is 17.2. The first-order chi connectivity index (χ1) is 10.2. The van der Waals surface area contributed by atoms with E-state index in [9.17, 15) is 0 Å². The SMILES string of the molecule is ON=CC1=Cc2cc(Br)ccc2OC1c1ccc(Br)cc1. The van der Waals surface area contributed by atoms with E-state index < -0.39 is 0 Å². The highest BCUT2D eigenvalue weighted by Gasteiger charge is 2.23. The highest BCUT2D eigenvalue weighted by molar-refractivity contribution is 9.10. The zero-order valence-electron chi connectivity index (χ0n) is 10.8. The smallest absolute Gasteiger partial charge is 0.150 e. The van der Waals surface area contributed by atoms with Crippen LogP contribution in [0.3, 0.4) is 0 Å². The van der Waals surface area contributed by atoms with Crippen molar-refractivity contribution in [1.29, 1.82) is 0 Å². The molecule has 0 saturated heterocycles. The fraction of sp³-hybridized carbons (Fsp3) is 0.0625. The van der Waals surface area contributed by atoms with Gasteiger partial charge in [-0.15, -0.1) is 0 Å². The van der Waals surface area contributed by atoms with Crippen LogP contribution >= 0.6 is 31.9 Å². The second kappa shape index (κ2) is 6.03. The minimum absolute atomic E-state index is 0.289. The number of hydrogen-bond donors (Lipinski definition) is 1. The molecule has 0 aromatic heterocycles. The number of rotatable bonds is 2. The Bertz CT molecular complexity index is 724. The molecule has 2 aromatic carbocycles. The van der Waals surface area contributed by atoms with Gasteiger partial charge in [0.2, 0.25) is 0 Å². The number of halogens is 2. The molecule has 1 aliphatic heterocycles. The maximum atomic E-state index is 8.89. The summed E-state index contributed by atoms with van der Waals surface area (Å²) >= 11 is 6.87. The van der Waals surface area contributed by atoms with Gasteiger partial charge in [0.1, 0.15) is 5.75 Å². The molecule has 3 rings (SSSR count). The lowest BCUT2D eigenvalue weighted by Crippen LogP contribution is -2.15. The van der Waals surface area contributed by atoms with Crippen molar-refractivity contribution in [2.45, 2.75) is 6.10 Å². The van der Waals surface area contributed by atoms with Crippen molar-refractivity contribution >= 4 is 44.2 Å². The van der Waals surface area contributed by atoms with Crippen molar-refractivity contribution in [3.63, 3.8) is 0 Å². The van der Waals surface area contributed by atoms with Crippen molar-refractivity contribution in [1.82, 2.24) is 0 Å². The van der Waals surface area contributed by atoms with Crippen LogP contribution < -0.4 is 4.74 Å². The molecule has 1 unspecified atom stereocenters. The number of fused-ring (bicyclic) bond motifs is 1. The van der Waals surface area contributed by atoms with Gasteiger partial charge in [0.05, 0.1) is 6.21 Å². The lowest BCUT2D eigenvalue weighted by atomic mass is 9.97. The second-order valence-electron chi connectivity index (χ2n) is 4.62. The third-order valence-electron chi connectivity index (χ3n) is 3.22. The number of ether oxygens (including phenoxy) is 1. The van der Waals surface area contributed by atoms with Crippen LogP contribution in [0.4, 0.5) is 0 Å². The summed E-state index contributed by atoms with van der Waals surface area (Å²) in [4.78, 5) is 0. The third kappa shape index (κ3) is 3.04. The zero-order valence-corrected chi connectivity index (χ0v) is 14.0. The predicted molar refractivity (Wildman–Crippen MR) is 89.9 cm³/mol. The fourth-order valence-electron chi connectivity index (χ4n) is 2.26. The summed E-state index contributed by atoms with van der Waals surface area (Å²) in [6, 6.07) is 13.7. The van der Waals surface area contributed by atoms with Crippen molar-refractivity contribution in [2.24, 2.45) is 5.16 Å². The molecule has 1 N–H and O–H groups in total. The molecule has 1 aliphatic rings. The van der Waals surface area contributed by atoms with Crippen LogP contribution in [-0.4, -0.2) is 11.4 Å². The van der Waals surface area contributed by atoms with E-state index in [1.165, 1.54) is 6.21 Å². The molecule has 0 spiro atoms. The summed E-state index contributed by atoms with van der Waals surface area (Å²) in [7, 11) is 0. The second-order valence-corrected chi connectivity index (χ2v) is 6.45. The van der Waals surface area contributed by atoms with Gasteiger partial charge in [-0.2, -0.15) is 0 Å². The van der Waals surface area contributed by atoms with Crippen LogP contribution in [0.5, 0.6) is 5.75 Å². The van der Waals surface area contributed by atoms with Crippen LogP contribution in [0.25, 0.3) is 6.08 Å². The van der Waals surface area contributed by atoms with Gasteiger partial charge in [0, 0.05) is 20.1 Å². The van der Waals surface area contributed by atoms with Gasteiger partial charge in [0.15, 0.2) is 6.10 Å². The van der Waals surface area contributed by atoms with Gasteiger partial charge in [-0.05, 0) is 42.0 Å². The fourth-order valence-corrected chi connectivity index (χ4v) is 2.90. The molecule has 2 aromatic rings. The molecule has 0 saturated carbocycles. The van der Waals surface area contributed by atoms with E-state index in [4.69, 9.17) is 9.94 Å². The number of oxime groups is 1. The van der Waals surface area contributed by atoms with E-state index in [1.54, 1.807) is 0 Å². The summed E-state index contributed by atoms with van der Waals surface area (Å²) in [5.41, 5.74) is 2.75. The highest BCUT2D eigenvalue weighted by atomic mass is 79.9. The van der Waals surface area contributed by atoms with E-state index in [0.717, 1.165) is 31.4 Å². The van der Waals surface area contributed by atoms with Gasteiger partial charge in [-0.3, -0.25) is 0 Å². The number of hydrogen-bond acceptors (Lipinski definition) is 3. The van der Waals surface area contributed by atoms with Crippen molar-refractivity contribution in [3.05, 3.63) is 68.1 Å². The quantitative estimate of drug-likeness (QED) is 0.422. The Kier molecular flexibility index (Phi) is 4.12. The van der Waals surface area contributed by atoms with Crippen molar-refractivity contribution in [2.75, 3.05) is 0 Å². The molecule has 21 heavy (non-hydrogen) atoms. The average molecular weight is 409 g/mol. The van der Waals surface area contributed by atoms with Gasteiger partial charge in [-0.1, -0.05) is 49.1 Å². The lowest BCUT2D eigenvalue weighted by Gasteiger charge is -2.26. The van der Waals surface area contributed by atoms with Gasteiger partial charge < -0.3 is 9.94 Å². The summed E-state index contributed by atoms with van der Waals surface area (Å²) in [6.45, 7) is 0. The first-order valence-corrected chi connectivity index (χ1v) is 7.86. The average Bonchev–Trinajstić information content (AvgIpc) is 2.48. The largest absolute Gasteiger partial charge is 0.480 e. The molecule has 0 radical (unpaired) electrons. The topological polar surface area (TPSA) is 41.8 Å². The minimum atomic E-state index is -0.289. The Labute approximate surface area is 139 Å². The highest BCUT2D eigenvalue weighted by Crippen LogP contribution is 2.38. The van der Waals surface area contributed by atoms with Crippen LogP contribution in [0.15, 0.2) is 62.1 Å². The van der Waals surface area contributed by atoms with Gasteiger partial charge >= 0.3 is 0 Å². The number of nitrogens with zero attached hydrogens (tertiary/aromatic N) is 1. The van der Waals surface area contributed by atoms with Crippen LogP contribution in [0, 0.1) is 0 Å². The maximum Gasteiger partial charge on any atom is 0.150 e. The molecule has 0 bridgehead atoms. The van der Waals surface area contributed by atoms with Crippen LogP contribution in [0.1, 0.15) is 17.2 Å². The van der Waals surface area contributed by atoms with Crippen molar-refractivity contribution < 1.29 is 9.94 Å². The molecule has 106 valence electrons. The Morgan fingerprint density at radius 2 is 1.76 bits per heavy atom. The first-order valence-electron chi connectivity index (χ1n) is 6.28. The molecule has 5 heteroatoms. The van der Waals surface area contributed by atoms with Crippen LogP contribution in [-0.2, 0) is 0 Å². The van der Waals surface area contributed by atoms with Gasteiger partial charge in [0.25, 0.3) is 0 Å². The Morgan fingerprint density at radius 3 is 2.48 bits per heavy atom. The number of benzene rings is 2. The van der Waals surface area contributed by atoms with Gasteiger partial charge in [-0.25, -0.2) is 0 Å². The maximum absolute atomic E-state index is 8.89. The van der Waals surface area contributed by atoms with E-state index >= 15 is 0 Å². The summed E-state index contributed by atoms with van der Waals surface area (Å²) in [6.07, 6.45) is 3.09. The lowest BCUT2D eigenvalue weighted by molar-refractivity contribution is 0.244. The summed E-state index contributed by atoms with van der Waals surface area (Å²) < 4.78 is 8.05. The van der Waals surface area contributed by atoms with Crippen LogP contribution in [0.2, 0.25) is 0 Å². The van der Waals surface area contributed by atoms with Crippen molar-refractivity contribution in [3.8, 4) is 5.75 Å². The Morgan fingerprint density at radius 1 is 1.05 bits per heavy atom. The minimum Gasteiger partial charge on any atom is -0.480 e. The third-order valence-corrected chi connectivity index (χ3v) is 4.24. The van der Waals surface area contributed by atoms with E-state index in [2.05, 4.69) is 37.0 Å². The molecule has 3 nitrogen and oxygen atoms in total.